The summed E-state index contributed by atoms with van der Waals surface area (Å²) in [4.78, 5) is 12.4. The van der Waals surface area contributed by atoms with Gasteiger partial charge in [-0.2, -0.15) is 0 Å². The van der Waals surface area contributed by atoms with Crippen molar-refractivity contribution in [3.8, 4) is 0 Å². The highest BCUT2D eigenvalue weighted by molar-refractivity contribution is 5.76. The largest absolute Gasteiger partial charge is 0.394 e. The standard InChI is InChI=1S/C54H103NO3/c1-3-5-7-9-11-13-15-17-19-21-23-25-26-27-28-30-32-34-36-38-40-42-44-46-48-50-54(58)55-52(51-56)53(57)49-47-45-43-41-39-37-35-33-31-29-24-22-20-18-16-14-12-10-8-6-4-2/h23,25,27-28,47,49,52-53,56-57H,3-22,24,26,29-46,48,50-51H2,1-2H3,(H,55,58)/b25-23-,28-27-,49-47+. The Hall–Kier alpha value is -1.39. The molecule has 2 atom stereocenters. The van der Waals surface area contributed by atoms with Crippen molar-refractivity contribution < 1.29 is 15.0 Å². The van der Waals surface area contributed by atoms with Crippen molar-refractivity contribution in [1.82, 2.24) is 5.32 Å². The third-order valence-corrected chi connectivity index (χ3v) is 12.1. The summed E-state index contributed by atoms with van der Waals surface area (Å²) >= 11 is 0. The van der Waals surface area contributed by atoms with Crippen LogP contribution in [0.4, 0.5) is 0 Å². The topological polar surface area (TPSA) is 69.6 Å². The van der Waals surface area contributed by atoms with E-state index in [2.05, 4.69) is 43.5 Å². The second kappa shape index (κ2) is 50.0. The molecule has 0 aromatic carbocycles. The van der Waals surface area contributed by atoms with Crippen LogP contribution in [0.3, 0.4) is 0 Å². The van der Waals surface area contributed by atoms with E-state index in [-0.39, 0.29) is 12.5 Å². The van der Waals surface area contributed by atoms with E-state index in [1.54, 1.807) is 6.08 Å². The monoisotopic (exact) mass is 814 g/mol. The summed E-state index contributed by atoms with van der Waals surface area (Å²) in [5, 5.41) is 23.1. The van der Waals surface area contributed by atoms with Gasteiger partial charge in [0.2, 0.25) is 5.91 Å². The van der Waals surface area contributed by atoms with Crippen LogP contribution in [0.1, 0.15) is 284 Å². The van der Waals surface area contributed by atoms with Crippen LogP contribution < -0.4 is 5.32 Å². The van der Waals surface area contributed by atoms with E-state index in [0.29, 0.717) is 6.42 Å². The third-order valence-electron chi connectivity index (χ3n) is 12.1. The zero-order valence-electron chi connectivity index (χ0n) is 39.3. The lowest BCUT2D eigenvalue weighted by atomic mass is 10.0. The molecule has 1 amide bonds. The number of carbonyl (C=O) groups excluding carboxylic acids is 1. The second-order valence-corrected chi connectivity index (χ2v) is 17.9. The smallest absolute Gasteiger partial charge is 0.220 e. The van der Waals surface area contributed by atoms with Crippen LogP contribution >= 0.6 is 0 Å². The number of amides is 1. The molecule has 0 rings (SSSR count). The lowest BCUT2D eigenvalue weighted by Crippen LogP contribution is -2.45. The van der Waals surface area contributed by atoms with E-state index < -0.39 is 12.1 Å². The van der Waals surface area contributed by atoms with Crippen molar-refractivity contribution in [2.24, 2.45) is 0 Å². The Morgan fingerprint density at radius 2 is 0.707 bits per heavy atom. The Kier molecular flexibility index (Phi) is 48.8. The Labute approximate surface area is 363 Å². The molecule has 0 aromatic heterocycles. The zero-order chi connectivity index (χ0) is 42.1. The maximum absolute atomic E-state index is 12.4. The summed E-state index contributed by atoms with van der Waals surface area (Å²) in [6.07, 6.45) is 67.1. The number of carbonyl (C=O) groups is 1. The molecule has 0 aliphatic rings. The number of allylic oxidation sites excluding steroid dienone is 5. The Morgan fingerprint density at radius 3 is 1.03 bits per heavy atom. The fourth-order valence-electron chi connectivity index (χ4n) is 8.09. The minimum Gasteiger partial charge on any atom is -0.394 e. The molecule has 2 unspecified atom stereocenters. The summed E-state index contributed by atoms with van der Waals surface area (Å²) < 4.78 is 0. The maximum Gasteiger partial charge on any atom is 0.220 e. The molecule has 0 heterocycles. The Bertz CT molecular complexity index is 882. The predicted molar refractivity (Wildman–Crippen MR) is 258 cm³/mol. The summed E-state index contributed by atoms with van der Waals surface area (Å²) in [6, 6.07) is -0.625. The van der Waals surface area contributed by atoms with E-state index >= 15 is 0 Å². The van der Waals surface area contributed by atoms with Gasteiger partial charge in [-0.25, -0.2) is 0 Å². The average molecular weight is 814 g/mol. The van der Waals surface area contributed by atoms with Crippen LogP contribution in [0.2, 0.25) is 0 Å². The lowest BCUT2D eigenvalue weighted by Gasteiger charge is -2.20. The van der Waals surface area contributed by atoms with Gasteiger partial charge in [0, 0.05) is 6.42 Å². The van der Waals surface area contributed by atoms with E-state index in [0.717, 1.165) is 32.1 Å². The van der Waals surface area contributed by atoms with Crippen LogP contribution in [-0.4, -0.2) is 34.9 Å². The van der Waals surface area contributed by atoms with Crippen molar-refractivity contribution in [3.63, 3.8) is 0 Å². The highest BCUT2D eigenvalue weighted by Crippen LogP contribution is 2.16. The summed E-state index contributed by atoms with van der Waals surface area (Å²) in [5.74, 6) is -0.0653. The Morgan fingerprint density at radius 1 is 0.414 bits per heavy atom. The summed E-state index contributed by atoms with van der Waals surface area (Å²) in [5.41, 5.74) is 0. The molecule has 4 heteroatoms. The first-order chi connectivity index (χ1) is 28.7. The van der Waals surface area contributed by atoms with Gasteiger partial charge in [0.15, 0.2) is 0 Å². The number of aliphatic hydroxyl groups excluding tert-OH is 2. The maximum atomic E-state index is 12.4. The highest BCUT2D eigenvalue weighted by atomic mass is 16.3. The van der Waals surface area contributed by atoms with Crippen LogP contribution in [-0.2, 0) is 4.79 Å². The molecule has 0 saturated heterocycles. The van der Waals surface area contributed by atoms with Crippen molar-refractivity contribution in [3.05, 3.63) is 36.5 Å². The predicted octanol–water partition coefficient (Wildman–Crippen LogP) is 16.9. The molecule has 3 N–H and O–H groups in total. The van der Waals surface area contributed by atoms with Crippen LogP contribution in [0, 0.1) is 0 Å². The first kappa shape index (κ1) is 56.6. The highest BCUT2D eigenvalue weighted by Gasteiger charge is 2.18. The van der Waals surface area contributed by atoms with Gasteiger partial charge in [-0.1, -0.05) is 262 Å². The molecular weight excluding hydrogens is 711 g/mol. The summed E-state index contributed by atoms with van der Waals surface area (Å²) in [7, 11) is 0. The van der Waals surface area contributed by atoms with Gasteiger partial charge in [-0.05, 0) is 51.4 Å². The van der Waals surface area contributed by atoms with Crippen LogP contribution in [0.25, 0.3) is 0 Å². The average Bonchev–Trinajstić information content (AvgIpc) is 3.23. The molecule has 0 aliphatic heterocycles. The number of unbranched alkanes of at least 4 members (excludes halogenated alkanes) is 37. The molecule has 58 heavy (non-hydrogen) atoms. The van der Waals surface area contributed by atoms with Crippen molar-refractivity contribution >= 4 is 5.91 Å². The molecular formula is C54H103NO3. The van der Waals surface area contributed by atoms with E-state index in [1.807, 2.05) is 6.08 Å². The fourth-order valence-corrected chi connectivity index (χ4v) is 8.09. The molecule has 0 radical (unpaired) electrons. The minimum absolute atomic E-state index is 0.0653. The normalized spacial score (nSPS) is 13.1. The Balaban J connectivity index is 3.53. The van der Waals surface area contributed by atoms with Gasteiger partial charge in [-0.3, -0.25) is 4.79 Å². The first-order valence-electron chi connectivity index (χ1n) is 26.2. The van der Waals surface area contributed by atoms with Gasteiger partial charge >= 0.3 is 0 Å². The molecule has 0 aliphatic carbocycles. The third kappa shape index (κ3) is 45.7. The van der Waals surface area contributed by atoms with Gasteiger partial charge in [0.05, 0.1) is 18.8 Å². The van der Waals surface area contributed by atoms with E-state index in [4.69, 9.17) is 0 Å². The minimum atomic E-state index is -0.841. The molecule has 4 nitrogen and oxygen atoms in total. The molecule has 0 aromatic rings. The van der Waals surface area contributed by atoms with Crippen LogP contribution in [0.5, 0.6) is 0 Å². The SMILES string of the molecule is CCCCCCCCCCC/C=C\C/C=C\CCCCCCCCCCCC(=O)NC(CO)C(O)/C=C/CCCCCCCCCCCCCCCCCCCCC. The lowest BCUT2D eigenvalue weighted by molar-refractivity contribution is -0.123. The number of aliphatic hydroxyl groups is 2. The zero-order valence-corrected chi connectivity index (χ0v) is 39.3. The molecule has 0 fully saturated rings. The summed E-state index contributed by atoms with van der Waals surface area (Å²) in [6.45, 7) is 4.33. The van der Waals surface area contributed by atoms with Crippen molar-refractivity contribution in [2.45, 2.75) is 296 Å². The second-order valence-electron chi connectivity index (χ2n) is 17.9. The fraction of sp³-hybridized carbons (Fsp3) is 0.870. The molecule has 0 bridgehead atoms. The number of hydrogen-bond donors (Lipinski definition) is 3. The number of rotatable bonds is 48. The van der Waals surface area contributed by atoms with E-state index in [1.165, 1.54) is 231 Å². The van der Waals surface area contributed by atoms with Crippen molar-refractivity contribution in [2.75, 3.05) is 6.61 Å². The van der Waals surface area contributed by atoms with Gasteiger partial charge in [0.25, 0.3) is 0 Å². The molecule has 342 valence electrons. The van der Waals surface area contributed by atoms with Gasteiger partial charge < -0.3 is 15.5 Å². The number of hydrogen-bond acceptors (Lipinski definition) is 3. The number of nitrogens with one attached hydrogen (secondary N) is 1. The quantitative estimate of drug-likeness (QED) is 0.0423. The van der Waals surface area contributed by atoms with Crippen molar-refractivity contribution in [1.29, 1.82) is 0 Å². The molecule has 0 spiro atoms. The van der Waals surface area contributed by atoms with Gasteiger partial charge in [-0.15, -0.1) is 0 Å². The van der Waals surface area contributed by atoms with Crippen LogP contribution in [0.15, 0.2) is 36.5 Å². The van der Waals surface area contributed by atoms with E-state index in [9.17, 15) is 15.0 Å². The first-order valence-corrected chi connectivity index (χ1v) is 26.2. The molecule has 0 saturated carbocycles. The van der Waals surface area contributed by atoms with Gasteiger partial charge in [0.1, 0.15) is 0 Å².